The molecule has 0 bridgehead atoms. The Balaban J connectivity index is 1.40. The summed E-state index contributed by atoms with van der Waals surface area (Å²) in [4.78, 5) is 0. The molecule has 214 valence electrons. The first-order chi connectivity index (χ1) is 19.1. The first-order valence-electron chi connectivity index (χ1n) is 13.2. The standard InChI is InChI=1S/C30H28F6O4/c1-3-5-19-8-6-17(15-38-19)21-10-7-16-12-18-13-22(26(33)27(34)29(18)39-28(16)25(21)32)30(35,36)40-20-9-11-24(37-4-2)23(31)14-20/h7,9-11,13-14,17,19H,3-6,8,12,15H2,1-2H3. The minimum Gasteiger partial charge on any atom is -0.491 e. The molecule has 3 aromatic carbocycles. The van der Waals surface area contributed by atoms with Crippen molar-refractivity contribution in [1.29, 1.82) is 0 Å². The Hall–Kier alpha value is -3.40. The Bertz CT molecular complexity index is 1400. The fourth-order valence-electron chi connectivity index (χ4n) is 5.22. The van der Waals surface area contributed by atoms with Crippen molar-refractivity contribution in [3.8, 4) is 23.0 Å². The van der Waals surface area contributed by atoms with Gasteiger partial charge in [0.15, 0.2) is 34.7 Å². The normalized spacial score (nSPS) is 18.5. The van der Waals surface area contributed by atoms with Crippen LogP contribution in [0.3, 0.4) is 0 Å². The lowest BCUT2D eigenvalue weighted by Gasteiger charge is -2.30. The van der Waals surface area contributed by atoms with Gasteiger partial charge in [0.1, 0.15) is 11.3 Å². The molecular weight excluding hydrogens is 538 g/mol. The van der Waals surface area contributed by atoms with Gasteiger partial charge in [-0.3, -0.25) is 0 Å². The summed E-state index contributed by atoms with van der Waals surface area (Å²) < 4.78 is 111. The second kappa shape index (κ2) is 11.2. The van der Waals surface area contributed by atoms with Gasteiger partial charge in [0.2, 0.25) is 5.82 Å². The van der Waals surface area contributed by atoms with Gasteiger partial charge in [0.25, 0.3) is 0 Å². The van der Waals surface area contributed by atoms with Crippen LogP contribution in [-0.2, 0) is 17.3 Å². The molecule has 10 heteroatoms. The van der Waals surface area contributed by atoms with Gasteiger partial charge >= 0.3 is 6.11 Å². The molecule has 2 aliphatic rings. The number of rotatable bonds is 8. The number of ether oxygens (including phenoxy) is 4. The Morgan fingerprint density at radius 3 is 2.35 bits per heavy atom. The summed E-state index contributed by atoms with van der Waals surface area (Å²) in [6.07, 6.45) is -1.03. The summed E-state index contributed by atoms with van der Waals surface area (Å²) in [5, 5.41) is 0. The second-order valence-electron chi connectivity index (χ2n) is 9.94. The Kier molecular flexibility index (Phi) is 7.90. The van der Waals surface area contributed by atoms with Gasteiger partial charge in [0.05, 0.1) is 19.3 Å². The van der Waals surface area contributed by atoms with E-state index in [1.807, 2.05) is 0 Å². The van der Waals surface area contributed by atoms with Gasteiger partial charge in [-0.15, -0.1) is 0 Å². The zero-order chi connectivity index (χ0) is 28.6. The van der Waals surface area contributed by atoms with Crippen LogP contribution in [0.2, 0.25) is 0 Å². The van der Waals surface area contributed by atoms with Crippen LogP contribution in [0.4, 0.5) is 26.3 Å². The van der Waals surface area contributed by atoms with E-state index in [0.717, 1.165) is 37.5 Å². The maximum absolute atomic E-state index is 15.6. The van der Waals surface area contributed by atoms with Gasteiger partial charge < -0.3 is 18.9 Å². The molecule has 0 aromatic heterocycles. The first-order valence-corrected chi connectivity index (χ1v) is 13.2. The van der Waals surface area contributed by atoms with Crippen molar-refractivity contribution < 1.29 is 45.3 Å². The van der Waals surface area contributed by atoms with Crippen LogP contribution < -0.4 is 14.2 Å². The zero-order valence-corrected chi connectivity index (χ0v) is 22.0. The summed E-state index contributed by atoms with van der Waals surface area (Å²) in [5.41, 5.74) is -0.873. The largest absolute Gasteiger partial charge is 0.491 e. The summed E-state index contributed by atoms with van der Waals surface area (Å²) in [5.74, 6) is -7.24. The van der Waals surface area contributed by atoms with Gasteiger partial charge in [-0.25, -0.2) is 13.2 Å². The highest BCUT2D eigenvalue weighted by Crippen LogP contribution is 2.46. The average Bonchev–Trinajstić information content (AvgIpc) is 2.92. The topological polar surface area (TPSA) is 36.9 Å². The molecule has 5 rings (SSSR count). The van der Waals surface area contributed by atoms with Gasteiger partial charge in [-0.1, -0.05) is 25.5 Å². The molecule has 0 radical (unpaired) electrons. The third kappa shape index (κ3) is 5.33. The van der Waals surface area contributed by atoms with E-state index in [1.54, 1.807) is 19.1 Å². The minimum absolute atomic E-state index is 0.113. The van der Waals surface area contributed by atoms with Crippen molar-refractivity contribution in [2.75, 3.05) is 13.2 Å². The van der Waals surface area contributed by atoms with E-state index in [2.05, 4.69) is 11.7 Å². The summed E-state index contributed by atoms with van der Waals surface area (Å²) in [6, 6.07) is 6.67. The van der Waals surface area contributed by atoms with Crippen molar-refractivity contribution in [3.05, 3.63) is 81.9 Å². The number of halogens is 6. The smallest absolute Gasteiger partial charge is 0.429 e. The van der Waals surface area contributed by atoms with E-state index in [-0.39, 0.29) is 42.1 Å². The second-order valence-corrected chi connectivity index (χ2v) is 9.94. The molecule has 3 aromatic rings. The molecule has 0 saturated carbocycles. The third-order valence-corrected chi connectivity index (χ3v) is 7.22. The van der Waals surface area contributed by atoms with Crippen molar-refractivity contribution in [1.82, 2.24) is 0 Å². The predicted octanol–water partition coefficient (Wildman–Crippen LogP) is 8.53. The molecular formula is C30H28F6O4. The molecule has 2 heterocycles. The first kappa shape index (κ1) is 28.1. The lowest BCUT2D eigenvalue weighted by atomic mass is 9.88. The molecule has 0 amide bonds. The number of hydrogen-bond acceptors (Lipinski definition) is 4. The summed E-state index contributed by atoms with van der Waals surface area (Å²) >= 11 is 0. The highest BCUT2D eigenvalue weighted by molar-refractivity contribution is 5.54. The Morgan fingerprint density at radius 1 is 0.900 bits per heavy atom. The van der Waals surface area contributed by atoms with E-state index in [4.69, 9.17) is 14.2 Å². The van der Waals surface area contributed by atoms with Crippen LogP contribution in [0.5, 0.6) is 23.0 Å². The molecule has 1 fully saturated rings. The fourth-order valence-corrected chi connectivity index (χ4v) is 5.22. The van der Waals surface area contributed by atoms with Crippen LogP contribution >= 0.6 is 0 Å². The monoisotopic (exact) mass is 566 g/mol. The SMILES string of the molecule is CCCC1CCC(c2ccc3c(c2F)Oc2c(cc(C(F)(F)Oc4ccc(OCC)c(F)c4)c(F)c2F)C3)CO1. The van der Waals surface area contributed by atoms with E-state index < -0.39 is 46.4 Å². The van der Waals surface area contributed by atoms with Crippen LogP contribution in [0.1, 0.15) is 67.7 Å². The average molecular weight is 567 g/mol. The van der Waals surface area contributed by atoms with Gasteiger partial charge in [0, 0.05) is 29.5 Å². The summed E-state index contributed by atoms with van der Waals surface area (Å²) in [7, 11) is 0. The predicted molar refractivity (Wildman–Crippen MR) is 134 cm³/mol. The molecule has 4 nitrogen and oxygen atoms in total. The molecule has 2 aliphatic heterocycles. The molecule has 1 saturated heterocycles. The highest BCUT2D eigenvalue weighted by Gasteiger charge is 2.42. The molecule has 40 heavy (non-hydrogen) atoms. The Labute approximate surface area is 227 Å². The molecule has 2 unspecified atom stereocenters. The molecule has 0 N–H and O–H groups in total. The van der Waals surface area contributed by atoms with Gasteiger partial charge in [-0.05, 0) is 49.9 Å². The highest BCUT2D eigenvalue weighted by atomic mass is 19.3. The van der Waals surface area contributed by atoms with Crippen LogP contribution in [0.15, 0.2) is 36.4 Å². The van der Waals surface area contributed by atoms with Crippen molar-refractivity contribution in [3.63, 3.8) is 0 Å². The Morgan fingerprint density at radius 2 is 1.68 bits per heavy atom. The van der Waals surface area contributed by atoms with E-state index in [0.29, 0.717) is 30.2 Å². The third-order valence-electron chi connectivity index (χ3n) is 7.22. The van der Waals surface area contributed by atoms with Crippen molar-refractivity contribution in [2.45, 2.75) is 64.1 Å². The molecule has 0 aliphatic carbocycles. The fraction of sp³-hybridized carbons (Fsp3) is 0.400. The minimum atomic E-state index is -4.37. The maximum Gasteiger partial charge on any atom is 0.429 e. The van der Waals surface area contributed by atoms with E-state index >= 15 is 17.6 Å². The number of alkyl halides is 2. The number of fused-ring (bicyclic) bond motifs is 2. The van der Waals surface area contributed by atoms with E-state index in [1.165, 1.54) is 0 Å². The van der Waals surface area contributed by atoms with Crippen molar-refractivity contribution in [2.24, 2.45) is 0 Å². The van der Waals surface area contributed by atoms with Crippen molar-refractivity contribution >= 4 is 0 Å². The quantitative estimate of drug-likeness (QED) is 0.200. The number of hydrogen-bond donors (Lipinski definition) is 0. The van der Waals surface area contributed by atoms with Crippen LogP contribution in [0.25, 0.3) is 0 Å². The lowest BCUT2D eigenvalue weighted by Crippen LogP contribution is -2.26. The molecule has 2 atom stereocenters. The number of benzene rings is 3. The van der Waals surface area contributed by atoms with Crippen LogP contribution in [-0.4, -0.2) is 19.3 Å². The van der Waals surface area contributed by atoms with E-state index in [9.17, 15) is 8.78 Å². The zero-order valence-electron chi connectivity index (χ0n) is 22.0. The van der Waals surface area contributed by atoms with Crippen LogP contribution in [0, 0.1) is 23.3 Å². The van der Waals surface area contributed by atoms with Gasteiger partial charge in [-0.2, -0.15) is 13.2 Å². The molecule has 0 spiro atoms. The summed E-state index contributed by atoms with van der Waals surface area (Å²) in [6.45, 7) is 4.17. The lowest BCUT2D eigenvalue weighted by molar-refractivity contribution is -0.187. The maximum atomic E-state index is 15.6.